The molecule has 2 saturated carbocycles. The zero-order chi connectivity index (χ0) is 29.3. The average molecular weight is 574 g/mol. The van der Waals surface area contributed by atoms with Gasteiger partial charge in [0.15, 0.2) is 0 Å². The summed E-state index contributed by atoms with van der Waals surface area (Å²) in [6.45, 7) is 4.18. The summed E-state index contributed by atoms with van der Waals surface area (Å²) in [5.41, 5.74) is 1.13. The van der Waals surface area contributed by atoms with Gasteiger partial charge in [-0.25, -0.2) is 9.97 Å². The number of nitrogens with one attached hydrogen (secondary N) is 3. The SMILES string of the molecule is COCC(=O)N[C@@H]1CC[C@@H](NC(=O)c2c(C)[nH]c3c(-c4cc(C(F)(F)F)ccc4OCC4CC4)ncnc23)C[C@H]1C. The molecule has 0 saturated heterocycles. The van der Waals surface area contributed by atoms with Gasteiger partial charge in [0.2, 0.25) is 5.91 Å². The average Bonchev–Trinajstić information content (AvgIpc) is 3.68. The standard InChI is InChI=1S/C29H34F3N5O4/c1-15-10-19(7-8-21(15)37-23(38)13-40-3)36-28(39)24-16(2)35-27-25(33-14-34-26(24)27)20-11-18(29(30,31)32)6-9-22(20)41-12-17-4-5-17/h6,9,11,14-15,17,19,21,35H,4-5,7-8,10,12-13H2,1-3H3,(H,36,39)(H,37,38)/t15-,19-,21-/m1/s1. The number of carbonyl (C=O) groups excluding carboxylic acids is 2. The number of H-pyrrole nitrogens is 1. The number of aryl methyl sites for hydroxylation is 1. The number of hydrogen-bond acceptors (Lipinski definition) is 6. The molecule has 2 fully saturated rings. The maximum absolute atomic E-state index is 13.6. The molecule has 3 aromatic rings. The third-order valence-electron chi connectivity index (χ3n) is 7.86. The lowest BCUT2D eigenvalue weighted by molar-refractivity contribution is -0.137. The van der Waals surface area contributed by atoms with E-state index in [0.29, 0.717) is 59.8 Å². The summed E-state index contributed by atoms with van der Waals surface area (Å²) < 4.78 is 51.7. The van der Waals surface area contributed by atoms with Crippen LogP contribution in [0.3, 0.4) is 0 Å². The van der Waals surface area contributed by atoms with Gasteiger partial charge in [-0.3, -0.25) is 9.59 Å². The first-order valence-corrected chi connectivity index (χ1v) is 13.8. The van der Waals surface area contributed by atoms with Gasteiger partial charge in [0.1, 0.15) is 29.9 Å². The van der Waals surface area contributed by atoms with Crippen molar-refractivity contribution in [3.8, 4) is 17.0 Å². The third-order valence-corrected chi connectivity index (χ3v) is 7.86. The molecule has 2 amide bonds. The molecule has 3 atom stereocenters. The molecular formula is C29H34F3N5O4. The van der Waals surface area contributed by atoms with Gasteiger partial charge in [0.25, 0.3) is 5.91 Å². The minimum Gasteiger partial charge on any atom is -0.493 e. The number of nitrogens with zero attached hydrogens (tertiary/aromatic N) is 2. The number of ether oxygens (including phenoxy) is 2. The molecule has 12 heteroatoms. The second-order valence-corrected chi connectivity index (χ2v) is 11.1. The van der Waals surface area contributed by atoms with Crippen LogP contribution in [0.5, 0.6) is 5.75 Å². The number of benzene rings is 1. The van der Waals surface area contributed by atoms with E-state index in [9.17, 15) is 22.8 Å². The van der Waals surface area contributed by atoms with E-state index in [4.69, 9.17) is 9.47 Å². The highest BCUT2D eigenvalue weighted by Crippen LogP contribution is 2.40. The number of aromatic nitrogens is 3. The van der Waals surface area contributed by atoms with Crippen molar-refractivity contribution in [1.29, 1.82) is 0 Å². The molecule has 3 N–H and O–H groups in total. The van der Waals surface area contributed by atoms with Crippen LogP contribution < -0.4 is 15.4 Å². The molecule has 2 aliphatic carbocycles. The summed E-state index contributed by atoms with van der Waals surface area (Å²) in [6, 6.07) is 3.25. The number of methoxy groups -OCH3 is 1. The van der Waals surface area contributed by atoms with Crippen molar-refractivity contribution in [2.24, 2.45) is 11.8 Å². The van der Waals surface area contributed by atoms with Crippen LogP contribution in [0, 0.1) is 18.8 Å². The molecular weight excluding hydrogens is 539 g/mol. The summed E-state index contributed by atoms with van der Waals surface area (Å²) in [5.74, 6) is 0.345. The Morgan fingerprint density at radius 3 is 2.59 bits per heavy atom. The number of amides is 2. The van der Waals surface area contributed by atoms with E-state index in [0.717, 1.165) is 25.0 Å². The fourth-order valence-corrected chi connectivity index (χ4v) is 5.49. The Morgan fingerprint density at radius 2 is 1.90 bits per heavy atom. The molecule has 0 spiro atoms. The fraction of sp³-hybridized carbons (Fsp3) is 0.517. The minimum atomic E-state index is -4.55. The van der Waals surface area contributed by atoms with E-state index in [-0.39, 0.29) is 47.7 Å². The van der Waals surface area contributed by atoms with E-state index in [1.165, 1.54) is 19.5 Å². The molecule has 5 rings (SSSR count). The largest absolute Gasteiger partial charge is 0.493 e. The van der Waals surface area contributed by atoms with Crippen LogP contribution in [-0.4, -0.2) is 59.2 Å². The Bertz CT molecular complexity index is 1440. The van der Waals surface area contributed by atoms with E-state index < -0.39 is 11.7 Å². The van der Waals surface area contributed by atoms with Gasteiger partial charge in [-0.15, -0.1) is 0 Å². The van der Waals surface area contributed by atoms with Crippen molar-refractivity contribution in [2.45, 2.75) is 64.2 Å². The number of aromatic amines is 1. The van der Waals surface area contributed by atoms with Gasteiger partial charge < -0.3 is 25.1 Å². The van der Waals surface area contributed by atoms with E-state index >= 15 is 0 Å². The van der Waals surface area contributed by atoms with Crippen LogP contribution in [-0.2, 0) is 15.7 Å². The second-order valence-electron chi connectivity index (χ2n) is 11.1. The number of halogens is 3. The zero-order valence-electron chi connectivity index (χ0n) is 23.2. The number of fused-ring (bicyclic) bond motifs is 1. The van der Waals surface area contributed by atoms with Crippen LogP contribution in [0.4, 0.5) is 13.2 Å². The molecule has 0 unspecified atom stereocenters. The van der Waals surface area contributed by atoms with Crippen molar-refractivity contribution < 1.29 is 32.2 Å². The highest BCUT2D eigenvalue weighted by molar-refractivity contribution is 6.09. The summed E-state index contributed by atoms with van der Waals surface area (Å²) in [6.07, 6.45) is 0.840. The Morgan fingerprint density at radius 1 is 1.12 bits per heavy atom. The smallest absolute Gasteiger partial charge is 0.416 e. The number of carbonyl (C=O) groups is 2. The number of alkyl halides is 3. The number of rotatable bonds is 9. The predicted molar refractivity (Wildman–Crippen MR) is 145 cm³/mol. The highest BCUT2D eigenvalue weighted by atomic mass is 19.4. The Kier molecular flexibility index (Phi) is 8.21. The monoisotopic (exact) mass is 573 g/mol. The molecule has 2 heterocycles. The van der Waals surface area contributed by atoms with Gasteiger partial charge in [-0.05, 0) is 69.1 Å². The summed E-state index contributed by atoms with van der Waals surface area (Å²) in [4.78, 5) is 37.2. The Balaban J connectivity index is 1.40. The highest BCUT2D eigenvalue weighted by Gasteiger charge is 2.33. The van der Waals surface area contributed by atoms with Gasteiger partial charge in [-0.2, -0.15) is 13.2 Å². The van der Waals surface area contributed by atoms with Crippen LogP contribution in [0.25, 0.3) is 22.3 Å². The lowest BCUT2D eigenvalue weighted by Gasteiger charge is -2.35. The molecule has 41 heavy (non-hydrogen) atoms. The van der Waals surface area contributed by atoms with Crippen molar-refractivity contribution in [1.82, 2.24) is 25.6 Å². The molecule has 1 aromatic carbocycles. The van der Waals surface area contributed by atoms with Crippen LogP contribution in [0.15, 0.2) is 24.5 Å². The third kappa shape index (κ3) is 6.47. The molecule has 0 radical (unpaired) electrons. The maximum atomic E-state index is 13.6. The quantitative estimate of drug-likeness (QED) is 0.339. The molecule has 2 aliphatic rings. The van der Waals surface area contributed by atoms with Crippen molar-refractivity contribution >= 4 is 22.8 Å². The first-order valence-electron chi connectivity index (χ1n) is 13.8. The van der Waals surface area contributed by atoms with E-state index in [1.807, 2.05) is 6.92 Å². The Labute approximate surface area is 235 Å². The van der Waals surface area contributed by atoms with Crippen LogP contribution in [0.1, 0.15) is 60.6 Å². The van der Waals surface area contributed by atoms with Crippen molar-refractivity contribution in [2.75, 3.05) is 20.3 Å². The molecule has 220 valence electrons. The first-order chi connectivity index (χ1) is 19.5. The summed E-state index contributed by atoms with van der Waals surface area (Å²) in [5, 5.41) is 6.08. The van der Waals surface area contributed by atoms with Gasteiger partial charge in [-0.1, -0.05) is 6.92 Å². The molecule has 0 bridgehead atoms. The maximum Gasteiger partial charge on any atom is 0.416 e. The van der Waals surface area contributed by atoms with Crippen LogP contribution in [0.2, 0.25) is 0 Å². The van der Waals surface area contributed by atoms with Gasteiger partial charge >= 0.3 is 6.18 Å². The summed E-state index contributed by atoms with van der Waals surface area (Å²) in [7, 11) is 1.47. The number of hydrogen-bond donors (Lipinski definition) is 3. The van der Waals surface area contributed by atoms with Gasteiger partial charge in [0.05, 0.1) is 23.3 Å². The first kappa shape index (κ1) is 28.8. The topological polar surface area (TPSA) is 118 Å². The fourth-order valence-electron chi connectivity index (χ4n) is 5.49. The van der Waals surface area contributed by atoms with Gasteiger partial charge in [0, 0.05) is 30.5 Å². The van der Waals surface area contributed by atoms with E-state index in [2.05, 4.69) is 25.6 Å². The molecule has 9 nitrogen and oxygen atoms in total. The molecule has 2 aromatic heterocycles. The summed E-state index contributed by atoms with van der Waals surface area (Å²) >= 11 is 0. The zero-order valence-corrected chi connectivity index (χ0v) is 23.2. The lowest BCUT2D eigenvalue weighted by Crippen LogP contribution is -2.48. The van der Waals surface area contributed by atoms with Crippen molar-refractivity contribution in [3.63, 3.8) is 0 Å². The molecule has 0 aliphatic heterocycles. The van der Waals surface area contributed by atoms with E-state index in [1.54, 1.807) is 6.92 Å². The minimum absolute atomic E-state index is 0.000262. The lowest BCUT2D eigenvalue weighted by atomic mass is 9.82. The predicted octanol–water partition coefficient (Wildman–Crippen LogP) is 4.79. The van der Waals surface area contributed by atoms with Crippen molar-refractivity contribution in [3.05, 3.63) is 41.3 Å². The normalized spacial score (nSPS) is 21.1. The van der Waals surface area contributed by atoms with Crippen LogP contribution >= 0.6 is 0 Å². The Hall–Kier alpha value is -3.67. The second kappa shape index (κ2) is 11.7.